The Morgan fingerprint density at radius 2 is 1.70 bits per heavy atom. The second-order valence-corrected chi connectivity index (χ2v) is 15.0. The summed E-state index contributed by atoms with van der Waals surface area (Å²) in [6.07, 6.45) is -6.97. The number of fused-ring (bicyclic) bond motifs is 2. The summed E-state index contributed by atoms with van der Waals surface area (Å²) in [7, 11) is -1.14. The molecule has 2 N–H and O–H groups in total. The minimum absolute atomic E-state index is 0.0151. The van der Waals surface area contributed by atoms with Crippen molar-refractivity contribution in [3.8, 4) is 17.3 Å². The van der Waals surface area contributed by atoms with E-state index in [0.29, 0.717) is 17.4 Å². The first-order valence-corrected chi connectivity index (χ1v) is 18.9. The third kappa shape index (κ3) is 9.01. The zero-order chi connectivity index (χ0) is 41.4. The normalized spacial score (nSPS) is 12.5. The third-order valence-corrected chi connectivity index (χ3v) is 10.0. The average molecular weight is 836 g/mol. The van der Waals surface area contributed by atoms with Crippen molar-refractivity contribution in [3.63, 3.8) is 0 Å². The van der Waals surface area contributed by atoms with Crippen LogP contribution in [0.5, 0.6) is 11.6 Å². The smallest absolute Gasteiger partial charge is 0.405 e. The van der Waals surface area contributed by atoms with Crippen LogP contribution in [0.2, 0.25) is 5.02 Å². The number of benzene rings is 3. The first kappa shape index (κ1) is 40.6. The molecule has 0 saturated heterocycles. The van der Waals surface area contributed by atoms with Crippen molar-refractivity contribution in [1.29, 1.82) is 0 Å². The monoisotopic (exact) mass is 835 g/mol. The topological polar surface area (TPSA) is 171 Å². The molecule has 3 heterocycles. The third-order valence-electron chi connectivity index (χ3n) is 8.60. The molecule has 14 nitrogen and oxygen atoms in total. The largest absolute Gasteiger partial charge is 0.497 e. The molecule has 1 unspecified atom stereocenters. The molecule has 0 radical (unpaired) electrons. The summed E-state index contributed by atoms with van der Waals surface area (Å²) in [4.78, 5) is 35.4. The maximum absolute atomic E-state index is 14.6. The van der Waals surface area contributed by atoms with Gasteiger partial charge in [0.05, 0.1) is 66.0 Å². The Labute approximate surface area is 325 Å². The number of amides is 1. The molecule has 1 atom stereocenters. The molecule has 3 aromatic heterocycles. The number of sulfonamides is 1. The number of hydrogen-bond donors (Lipinski definition) is 2. The van der Waals surface area contributed by atoms with Crippen molar-refractivity contribution >= 4 is 55.5 Å². The maximum Gasteiger partial charge on any atom is 0.405 e. The highest BCUT2D eigenvalue weighted by atomic mass is 35.5. The van der Waals surface area contributed by atoms with Crippen molar-refractivity contribution in [3.05, 3.63) is 111 Å². The molecule has 21 heteroatoms. The number of aryl methyl sites for hydroxylation is 1. The molecule has 1 amide bonds. The molecular weight excluding hydrogens is 805 g/mol. The molecule has 300 valence electrons. The molecule has 6 rings (SSSR count). The van der Waals surface area contributed by atoms with E-state index in [9.17, 15) is 45.1 Å². The molecular formula is C36H31ClF5N7O7S. The Morgan fingerprint density at radius 3 is 2.32 bits per heavy atom. The Balaban J connectivity index is 1.60. The second-order valence-electron chi connectivity index (χ2n) is 12.7. The van der Waals surface area contributed by atoms with E-state index in [-0.39, 0.29) is 62.3 Å². The van der Waals surface area contributed by atoms with Crippen LogP contribution in [0, 0.1) is 11.6 Å². The van der Waals surface area contributed by atoms with Crippen LogP contribution in [0.3, 0.4) is 0 Å². The minimum Gasteiger partial charge on any atom is -0.497 e. The number of rotatable bonds is 13. The number of pyridine rings is 1. The van der Waals surface area contributed by atoms with Crippen LogP contribution in [0.15, 0.2) is 71.5 Å². The molecule has 57 heavy (non-hydrogen) atoms. The van der Waals surface area contributed by atoms with Gasteiger partial charge in [0.2, 0.25) is 15.9 Å². The average Bonchev–Trinajstić information content (AvgIpc) is 3.46. The summed E-state index contributed by atoms with van der Waals surface area (Å²) in [5, 5.41) is 16.5. The maximum atomic E-state index is 14.6. The first-order valence-electron chi connectivity index (χ1n) is 16.7. The SMILES string of the molecule is COc1ccc(CN(c2nn(C)c3c(-n4c(C(Cc5cc(F)cc(F)c5)NC(=O)O)nc5nc(OCCC(F)(F)F)ccc5c4=O)ccc(Cl)c23)S(C)(=O)=O)cc1. The molecule has 3 aromatic carbocycles. The number of anilines is 1. The minimum atomic E-state index is -4.54. The van der Waals surface area contributed by atoms with Crippen molar-refractivity contribution in [2.45, 2.75) is 31.6 Å². The molecule has 0 aliphatic heterocycles. The van der Waals surface area contributed by atoms with E-state index in [1.807, 2.05) is 0 Å². The van der Waals surface area contributed by atoms with Gasteiger partial charge in [0, 0.05) is 25.6 Å². The second kappa shape index (κ2) is 15.8. The van der Waals surface area contributed by atoms with Crippen LogP contribution in [0.4, 0.5) is 32.6 Å². The molecule has 0 fully saturated rings. The Bertz CT molecular complexity index is 2660. The number of ether oxygens (including phenoxy) is 2. The van der Waals surface area contributed by atoms with Gasteiger partial charge < -0.3 is 19.9 Å². The van der Waals surface area contributed by atoms with Gasteiger partial charge in [-0.15, -0.1) is 0 Å². The number of nitrogens with zero attached hydrogens (tertiary/aromatic N) is 6. The summed E-state index contributed by atoms with van der Waals surface area (Å²) in [6, 6.07) is 12.6. The van der Waals surface area contributed by atoms with Crippen LogP contribution < -0.4 is 24.7 Å². The van der Waals surface area contributed by atoms with Gasteiger partial charge in [-0.05, 0) is 53.6 Å². The summed E-state index contributed by atoms with van der Waals surface area (Å²) in [6.45, 7) is -1.01. The lowest BCUT2D eigenvalue weighted by molar-refractivity contribution is -0.139. The Hall–Kier alpha value is -6.02. The number of carboxylic acid groups (broad SMARTS) is 1. The van der Waals surface area contributed by atoms with Crippen LogP contribution in [-0.4, -0.2) is 70.1 Å². The van der Waals surface area contributed by atoms with E-state index in [1.54, 1.807) is 24.3 Å². The highest BCUT2D eigenvalue weighted by molar-refractivity contribution is 7.92. The van der Waals surface area contributed by atoms with Crippen molar-refractivity contribution in [2.75, 3.05) is 24.3 Å². The van der Waals surface area contributed by atoms with Crippen LogP contribution in [0.1, 0.15) is 29.4 Å². The number of alkyl halides is 3. The van der Waals surface area contributed by atoms with Gasteiger partial charge in [0.1, 0.15) is 23.2 Å². The van der Waals surface area contributed by atoms with Crippen LogP contribution in [-0.2, 0) is 30.0 Å². The summed E-state index contributed by atoms with van der Waals surface area (Å²) in [5.41, 5.74) is -0.688. The zero-order valence-electron chi connectivity index (χ0n) is 30.0. The highest BCUT2D eigenvalue weighted by Gasteiger charge is 2.31. The van der Waals surface area contributed by atoms with E-state index < -0.39 is 65.0 Å². The van der Waals surface area contributed by atoms with E-state index in [4.69, 9.17) is 21.1 Å². The predicted molar refractivity (Wildman–Crippen MR) is 199 cm³/mol. The fraction of sp³-hybridized carbons (Fsp3) is 0.250. The van der Waals surface area contributed by atoms with E-state index in [1.165, 1.54) is 37.0 Å². The number of hydrogen-bond acceptors (Lipinski definition) is 9. The highest BCUT2D eigenvalue weighted by Crippen LogP contribution is 2.38. The molecule has 0 aliphatic carbocycles. The summed E-state index contributed by atoms with van der Waals surface area (Å²) >= 11 is 6.75. The molecule has 0 aliphatic rings. The van der Waals surface area contributed by atoms with E-state index >= 15 is 0 Å². The molecule has 6 aromatic rings. The number of aromatic nitrogens is 5. The van der Waals surface area contributed by atoms with E-state index in [2.05, 4.69) is 20.4 Å². The van der Waals surface area contributed by atoms with Gasteiger partial charge in [-0.1, -0.05) is 23.7 Å². The Kier molecular flexibility index (Phi) is 11.3. The zero-order valence-corrected chi connectivity index (χ0v) is 31.6. The van der Waals surface area contributed by atoms with Gasteiger partial charge in [0.15, 0.2) is 11.5 Å². The first-order chi connectivity index (χ1) is 26.8. The molecule has 0 saturated carbocycles. The van der Waals surface area contributed by atoms with Crippen molar-refractivity contribution in [2.24, 2.45) is 7.05 Å². The number of methoxy groups -OCH3 is 1. The van der Waals surface area contributed by atoms with Crippen LogP contribution in [0.25, 0.3) is 27.6 Å². The number of halogens is 6. The van der Waals surface area contributed by atoms with E-state index in [0.717, 1.165) is 33.3 Å². The lowest BCUT2D eigenvalue weighted by Gasteiger charge is -2.23. The van der Waals surface area contributed by atoms with Crippen LogP contribution >= 0.6 is 11.6 Å². The lowest BCUT2D eigenvalue weighted by atomic mass is 10.0. The number of carbonyl (C=O) groups is 1. The number of nitrogens with one attached hydrogen (secondary N) is 1. The van der Waals surface area contributed by atoms with Crippen molar-refractivity contribution < 1.29 is 49.7 Å². The van der Waals surface area contributed by atoms with Gasteiger partial charge in [-0.25, -0.2) is 31.3 Å². The van der Waals surface area contributed by atoms with Crippen molar-refractivity contribution in [1.82, 2.24) is 29.6 Å². The summed E-state index contributed by atoms with van der Waals surface area (Å²) < 4.78 is 107. The fourth-order valence-electron chi connectivity index (χ4n) is 6.14. The quantitative estimate of drug-likeness (QED) is 0.123. The standard InChI is InChI=1S/C36H31ClF5N7O7S/c1-47-30-27(10-9-25(37)29(30)33(46-47)48(57(3,53)54)18-19-4-6-23(55-2)7-5-19)49-32(26(43-35(51)52)16-20-14-21(38)17-22(39)15-20)45-31-24(34(49)50)8-11-28(44-31)56-13-12-36(40,41)42/h4-11,14-15,17,26,43H,12-13,16,18H2,1-3H3,(H,51,52). The molecule has 0 spiro atoms. The Morgan fingerprint density at radius 1 is 1.02 bits per heavy atom. The van der Waals surface area contributed by atoms with Gasteiger partial charge in [-0.2, -0.15) is 23.3 Å². The van der Waals surface area contributed by atoms with Gasteiger partial charge in [-0.3, -0.25) is 14.0 Å². The van der Waals surface area contributed by atoms with Gasteiger partial charge >= 0.3 is 12.3 Å². The van der Waals surface area contributed by atoms with Gasteiger partial charge in [0.25, 0.3) is 5.56 Å². The predicted octanol–water partition coefficient (Wildman–Crippen LogP) is 6.46. The fourth-order valence-corrected chi connectivity index (χ4v) is 7.21. The molecule has 0 bridgehead atoms. The summed E-state index contributed by atoms with van der Waals surface area (Å²) in [5.74, 6) is -2.26. The lowest BCUT2D eigenvalue weighted by Crippen LogP contribution is -2.35.